The second kappa shape index (κ2) is 7.38. The fraction of sp³-hybridized carbons (Fsp3) is 0.250. The maximum Gasteiger partial charge on any atom is 0.244 e. The van der Waals surface area contributed by atoms with E-state index in [-0.39, 0.29) is 11.9 Å². The fourth-order valence-corrected chi connectivity index (χ4v) is 3.34. The van der Waals surface area contributed by atoms with Crippen LogP contribution in [-0.4, -0.2) is 23.9 Å². The molecular weight excluding hydrogens is 328 g/mol. The van der Waals surface area contributed by atoms with Crippen LogP contribution in [0.1, 0.15) is 30.5 Å². The Morgan fingerprint density at radius 2 is 1.88 bits per heavy atom. The number of amides is 2. The van der Waals surface area contributed by atoms with Crippen LogP contribution in [0.4, 0.5) is 5.69 Å². The molecule has 1 aliphatic rings. The van der Waals surface area contributed by atoms with Gasteiger partial charge in [-0.3, -0.25) is 14.9 Å². The van der Waals surface area contributed by atoms with Crippen molar-refractivity contribution in [3.05, 3.63) is 65.7 Å². The Hall–Kier alpha value is -3.17. The highest BCUT2D eigenvalue weighted by Gasteiger charge is 2.39. The normalized spacial score (nSPS) is 20.6. The third kappa shape index (κ3) is 3.44. The minimum Gasteiger partial charge on any atom is -0.368 e. The first-order chi connectivity index (χ1) is 12.5. The molecule has 0 aromatic heterocycles. The Morgan fingerprint density at radius 1 is 1.23 bits per heavy atom. The van der Waals surface area contributed by atoms with Gasteiger partial charge in [-0.2, -0.15) is 5.26 Å². The molecule has 0 spiro atoms. The van der Waals surface area contributed by atoms with Gasteiger partial charge in [-0.05, 0) is 43.2 Å². The molecule has 26 heavy (non-hydrogen) atoms. The van der Waals surface area contributed by atoms with Crippen LogP contribution >= 0.6 is 0 Å². The minimum atomic E-state index is -0.792. The second-order valence-corrected chi connectivity index (χ2v) is 6.42. The van der Waals surface area contributed by atoms with E-state index in [1.165, 1.54) is 0 Å². The predicted molar refractivity (Wildman–Crippen MR) is 98.0 cm³/mol. The minimum absolute atomic E-state index is 0.0110. The van der Waals surface area contributed by atoms with Crippen molar-refractivity contribution in [2.45, 2.75) is 31.5 Å². The van der Waals surface area contributed by atoms with E-state index in [1.807, 2.05) is 43.3 Å². The highest BCUT2D eigenvalue weighted by atomic mass is 16.2. The monoisotopic (exact) mass is 348 g/mol. The van der Waals surface area contributed by atoms with Crippen LogP contribution in [0, 0.1) is 11.3 Å². The largest absolute Gasteiger partial charge is 0.368 e. The smallest absolute Gasteiger partial charge is 0.244 e. The summed E-state index contributed by atoms with van der Waals surface area (Å²) in [5.74, 6) is -0.642. The summed E-state index contributed by atoms with van der Waals surface area (Å²) >= 11 is 0. The van der Waals surface area contributed by atoms with Gasteiger partial charge in [0.05, 0.1) is 17.7 Å². The Morgan fingerprint density at radius 3 is 2.46 bits per heavy atom. The third-order valence-corrected chi connectivity index (χ3v) is 4.61. The topological polar surface area (TPSA) is 99.2 Å². The molecule has 1 fully saturated rings. The Bertz CT molecular complexity index is 842. The van der Waals surface area contributed by atoms with Crippen molar-refractivity contribution in [2.24, 2.45) is 5.73 Å². The number of carbonyl (C=O) groups is 2. The lowest BCUT2D eigenvalue weighted by atomic mass is 10.0. The third-order valence-electron chi connectivity index (χ3n) is 4.61. The molecule has 2 amide bonds. The summed E-state index contributed by atoms with van der Waals surface area (Å²) in [5.41, 5.74) is 7.52. The van der Waals surface area contributed by atoms with Gasteiger partial charge >= 0.3 is 0 Å². The van der Waals surface area contributed by atoms with Gasteiger partial charge < -0.3 is 10.6 Å². The molecule has 0 radical (unpaired) electrons. The average molecular weight is 348 g/mol. The molecule has 2 aromatic rings. The van der Waals surface area contributed by atoms with Gasteiger partial charge in [0.15, 0.2) is 0 Å². The average Bonchev–Trinajstić information content (AvgIpc) is 2.93. The molecule has 3 atom stereocenters. The van der Waals surface area contributed by atoms with Gasteiger partial charge in [0.1, 0.15) is 6.04 Å². The van der Waals surface area contributed by atoms with E-state index < -0.39 is 18.0 Å². The molecule has 0 unspecified atom stereocenters. The lowest BCUT2D eigenvalue weighted by molar-refractivity contribution is -0.121. The van der Waals surface area contributed by atoms with Gasteiger partial charge in [-0.15, -0.1) is 0 Å². The van der Waals surface area contributed by atoms with Gasteiger partial charge in [-0.25, -0.2) is 0 Å². The zero-order valence-electron chi connectivity index (χ0n) is 14.4. The molecule has 1 aliphatic heterocycles. The molecule has 0 aliphatic carbocycles. The van der Waals surface area contributed by atoms with E-state index in [4.69, 9.17) is 11.0 Å². The molecule has 3 N–H and O–H groups in total. The molecule has 3 rings (SSSR count). The van der Waals surface area contributed by atoms with Gasteiger partial charge in [0.25, 0.3) is 0 Å². The molecule has 0 saturated carbocycles. The Balaban J connectivity index is 1.80. The number of hydrogen-bond donors (Lipinski definition) is 2. The second-order valence-electron chi connectivity index (χ2n) is 6.42. The number of carbonyl (C=O) groups excluding carboxylic acids is 2. The maximum atomic E-state index is 12.9. The first-order valence-electron chi connectivity index (χ1n) is 8.45. The van der Waals surface area contributed by atoms with Crippen molar-refractivity contribution in [3.8, 4) is 6.07 Å². The first kappa shape index (κ1) is 17.6. The van der Waals surface area contributed by atoms with Crippen molar-refractivity contribution in [3.63, 3.8) is 0 Å². The summed E-state index contributed by atoms with van der Waals surface area (Å²) in [4.78, 5) is 26.6. The van der Waals surface area contributed by atoms with E-state index >= 15 is 0 Å². The van der Waals surface area contributed by atoms with Gasteiger partial charge in [0, 0.05) is 11.7 Å². The Labute approximate surface area is 152 Å². The SMILES string of the molecule is C[C@@H]1C[C@@H](N[C@@H](C(N)=O)c2ccc(C#N)cc2)C(=O)N1c1ccccc1. The van der Waals surface area contributed by atoms with Crippen LogP contribution in [0.3, 0.4) is 0 Å². The number of nitrogens with zero attached hydrogens (tertiary/aromatic N) is 2. The molecule has 0 bridgehead atoms. The molecule has 1 heterocycles. The van der Waals surface area contributed by atoms with Gasteiger partial charge in [0.2, 0.25) is 11.8 Å². The fourth-order valence-electron chi connectivity index (χ4n) is 3.34. The number of nitrogens with one attached hydrogen (secondary N) is 1. The predicted octanol–water partition coefficient (Wildman–Crippen LogP) is 1.87. The van der Waals surface area contributed by atoms with Crippen molar-refractivity contribution in [1.82, 2.24) is 5.32 Å². The van der Waals surface area contributed by atoms with Crippen LogP contribution in [-0.2, 0) is 9.59 Å². The van der Waals surface area contributed by atoms with Crippen molar-refractivity contribution >= 4 is 17.5 Å². The summed E-state index contributed by atoms with van der Waals surface area (Å²) in [6, 6.07) is 16.8. The summed E-state index contributed by atoms with van der Waals surface area (Å²) < 4.78 is 0. The highest BCUT2D eigenvalue weighted by Crippen LogP contribution is 2.28. The summed E-state index contributed by atoms with van der Waals surface area (Å²) in [7, 11) is 0. The number of nitriles is 1. The van der Waals surface area contributed by atoms with Crippen molar-refractivity contribution in [2.75, 3.05) is 4.90 Å². The quantitative estimate of drug-likeness (QED) is 0.861. The van der Waals surface area contributed by atoms with E-state index in [1.54, 1.807) is 29.2 Å². The van der Waals surface area contributed by atoms with Crippen molar-refractivity contribution < 1.29 is 9.59 Å². The standard InChI is InChI=1S/C20H20N4O2/c1-13-11-17(20(26)24(13)16-5-3-2-4-6-16)23-18(19(22)25)15-9-7-14(12-21)8-10-15/h2-10,13,17-18,23H,11H2,1H3,(H2,22,25)/t13-,17-,18-/m1/s1. The number of para-hydroxylation sites is 1. The van der Waals surface area contributed by atoms with Crippen LogP contribution in [0.5, 0.6) is 0 Å². The van der Waals surface area contributed by atoms with Crippen LogP contribution in [0.25, 0.3) is 0 Å². The molecule has 1 saturated heterocycles. The molecule has 6 heteroatoms. The van der Waals surface area contributed by atoms with E-state index in [0.717, 1.165) is 5.69 Å². The number of rotatable bonds is 5. The Kier molecular flexibility index (Phi) is 5.01. The van der Waals surface area contributed by atoms with E-state index in [0.29, 0.717) is 17.5 Å². The first-order valence-corrected chi connectivity index (χ1v) is 8.45. The highest BCUT2D eigenvalue weighted by molar-refractivity contribution is 6.00. The number of primary amides is 1. The zero-order chi connectivity index (χ0) is 18.7. The molecule has 132 valence electrons. The van der Waals surface area contributed by atoms with Crippen LogP contribution in [0.2, 0.25) is 0 Å². The molecule has 6 nitrogen and oxygen atoms in total. The van der Waals surface area contributed by atoms with Crippen LogP contribution < -0.4 is 16.0 Å². The summed E-state index contributed by atoms with van der Waals surface area (Å²) in [6.07, 6.45) is 0.577. The van der Waals surface area contributed by atoms with Crippen molar-refractivity contribution in [1.29, 1.82) is 5.26 Å². The summed E-state index contributed by atoms with van der Waals surface area (Å²) in [5, 5.41) is 12.0. The number of benzene rings is 2. The maximum absolute atomic E-state index is 12.9. The number of hydrogen-bond acceptors (Lipinski definition) is 4. The molecular formula is C20H20N4O2. The van der Waals surface area contributed by atoms with Crippen LogP contribution in [0.15, 0.2) is 54.6 Å². The number of anilines is 1. The van der Waals surface area contributed by atoms with E-state index in [9.17, 15) is 9.59 Å². The van der Waals surface area contributed by atoms with Gasteiger partial charge in [-0.1, -0.05) is 30.3 Å². The molecule has 2 aromatic carbocycles. The van der Waals surface area contributed by atoms with E-state index in [2.05, 4.69) is 5.32 Å². The lowest BCUT2D eigenvalue weighted by Crippen LogP contribution is -2.44. The zero-order valence-corrected chi connectivity index (χ0v) is 14.4. The number of nitrogens with two attached hydrogens (primary N) is 1. The lowest BCUT2D eigenvalue weighted by Gasteiger charge is -2.22. The summed E-state index contributed by atoms with van der Waals surface area (Å²) in [6.45, 7) is 1.98.